The monoisotopic (exact) mass is 238 g/mol. The third-order valence-corrected chi connectivity index (χ3v) is 6.28. The maximum Gasteiger partial charge on any atom is 0.0568 e. The van der Waals surface area contributed by atoms with Crippen molar-refractivity contribution in [3.05, 3.63) is 0 Å². The summed E-state index contributed by atoms with van der Waals surface area (Å²) >= 11 is 0. The number of rotatable bonds is 1. The Bertz CT molecular complexity index is 281. The number of aliphatic hydroxyl groups excluding tert-OH is 1. The molecule has 100 valence electrons. The van der Waals surface area contributed by atoms with Crippen molar-refractivity contribution in [2.75, 3.05) is 0 Å². The molecule has 0 saturated heterocycles. The van der Waals surface area contributed by atoms with Crippen LogP contribution >= 0.6 is 0 Å². The zero-order valence-corrected chi connectivity index (χ0v) is 12.4. The van der Waals surface area contributed by atoms with Gasteiger partial charge in [0.1, 0.15) is 0 Å². The molecule has 0 amide bonds. The van der Waals surface area contributed by atoms with Gasteiger partial charge in [-0.1, -0.05) is 41.5 Å². The Balaban J connectivity index is 2.30. The van der Waals surface area contributed by atoms with Crippen molar-refractivity contribution in [3.63, 3.8) is 0 Å². The van der Waals surface area contributed by atoms with Gasteiger partial charge in [-0.2, -0.15) is 0 Å². The Morgan fingerprint density at radius 3 is 2.24 bits per heavy atom. The van der Waals surface area contributed by atoms with Crippen LogP contribution in [0.5, 0.6) is 0 Å². The summed E-state index contributed by atoms with van der Waals surface area (Å²) in [5, 5.41) is 10.2. The molecular formula is C16H30O. The highest BCUT2D eigenvalue weighted by molar-refractivity contribution is 5.04. The second-order valence-corrected chi connectivity index (χ2v) is 7.72. The first-order valence-corrected chi connectivity index (χ1v) is 7.44. The van der Waals surface area contributed by atoms with Crippen molar-refractivity contribution in [2.45, 2.75) is 60.5 Å². The summed E-state index contributed by atoms with van der Waals surface area (Å²) in [5.41, 5.74) is 0.403. The largest absolute Gasteiger partial charge is 0.393 e. The highest BCUT2D eigenvalue weighted by atomic mass is 16.3. The van der Waals surface area contributed by atoms with E-state index in [2.05, 4.69) is 41.5 Å². The highest BCUT2D eigenvalue weighted by Crippen LogP contribution is 2.61. The number of aliphatic hydroxyl groups is 1. The summed E-state index contributed by atoms with van der Waals surface area (Å²) in [6.07, 6.45) is 2.21. The van der Waals surface area contributed by atoms with E-state index in [1.807, 2.05) is 0 Å². The van der Waals surface area contributed by atoms with Crippen LogP contribution in [0.3, 0.4) is 0 Å². The van der Waals surface area contributed by atoms with Gasteiger partial charge < -0.3 is 5.11 Å². The molecule has 0 aromatic heterocycles. The van der Waals surface area contributed by atoms with Crippen molar-refractivity contribution in [3.8, 4) is 0 Å². The lowest BCUT2D eigenvalue weighted by Crippen LogP contribution is -2.37. The third kappa shape index (κ3) is 1.95. The molecule has 2 aliphatic carbocycles. The minimum Gasteiger partial charge on any atom is -0.393 e. The summed E-state index contributed by atoms with van der Waals surface area (Å²) in [4.78, 5) is 0. The summed E-state index contributed by atoms with van der Waals surface area (Å²) in [5.74, 6) is 4.50. The van der Waals surface area contributed by atoms with E-state index in [0.717, 1.165) is 36.0 Å². The summed E-state index contributed by atoms with van der Waals surface area (Å²) in [7, 11) is 0. The van der Waals surface area contributed by atoms with Gasteiger partial charge in [-0.3, -0.25) is 0 Å². The fraction of sp³-hybridized carbons (Fsp3) is 1.00. The van der Waals surface area contributed by atoms with Crippen LogP contribution < -0.4 is 0 Å². The molecule has 6 atom stereocenters. The molecule has 1 N–H and O–H groups in total. The molecule has 0 aromatic rings. The lowest BCUT2D eigenvalue weighted by atomic mass is 9.66. The first-order valence-electron chi connectivity index (χ1n) is 7.44. The van der Waals surface area contributed by atoms with Gasteiger partial charge in [-0.25, -0.2) is 0 Å². The molecule has 2 saturated carbocycles. The van der Waals surface area contributed by atoms with Gasteiger partial charge in [-0.05, 0) is 53.8 Å². The van der Waals surface area contributed by atoms with E-state index in [-0.39, 0.29) is 6.10 Å². The summed E-state index contributed by atoms with van der Waals surface area (Å²) in [6, 6.07) is 0. The van der Waals surface area contributed by atoms with Crippen LogP contribution in [0.15, 0.2) is 0 Å². The molecule has 2 aliphatic rings. The van der Waals surface area contributed by atoms with Crippen molar-refractivity contribution in [2.24, 2.45) is 40.9 Å². The molecule has 0 aromatic carbocycles. The minimum atomic E-state index is -0.0614. The Labute approximate surface area is 107 Å². The third-order valence-electron chi connectivity index (χ3n) is 6.28. The van der Waals surface area contributed by atoms with E-state index in [4.69, 9.17) is 0 Å². The smallest absolute Gasteiger partial charge is 0.0568 e. The lowest BCUT2D eigenvalue weighted by molar-refractivity contribution is -0.00251. The van der Waals surface area contributed by atoms with E-state index in [1.54, 1.807) is 0 Å². The van der Waals surface area contributed by atoms with Crippen LogP contribution in [-0.2, 0) is 0 Å². The molecule has 0 aliphatic heterocycles. The average Bonchev–Trinajstić information content (AvgIpc) is 2.38. The molecular weight excluding hydrogens is 208 g/mol. The molecule has 0 spiro atoms. The van der Waals surface area contributed by atoms with Crippen LogP contribution in [0.1, 0.15) is 54.4 Å². The average molecular weight is 238 g/mol. The normalized spacial score (nSPS) is 49.4. The van der Waals surface area contributed by atoms with Crippen molar-refractivity contribution in [1.29, 1.82) is 0 Å². The van der Waals surface area contributed by atoms with Gasteiger partial charge in [0.05, 0.1) is 6.10 Å². The number of hydrogen-bond acceptors (Lipinski definition) is 1. The van der Waals surface area contributed by atoms with E-state index < -0.39 is 0 Å². The van der Waals surface area contributed by atoms with Crippen LogP contribution in [0, 0.1) is 40.9 Å². The van der Waals surface area contributed by atoms with E-state index in [1.165, 1.54) is 6.42 Å². The van der Waals surface area contributed by atoms with Crippen LogP contribution in [0.4, 0.5) is 0 Å². The summed E-state index contributed by atoms with van der Waals surface area (Å²) < 4.78 is 0. The lowest BCUT2D eigenvalue weighted by Gasteiger charge is -2.41. The van der Waals surface area contributed by atoms with Crippen molar-refractivity contribution >= 4 is 0 Å². The molecule has 1 nitrogen and oxygen atoms in total. The van der Waals surface area contributed by atoms with Crippen LogP contribution in [0.25, 0.3) is 0 Å². The maximum absolute atomic E-state index is 10.2. The molecule has 17 heavy (non-hydrogen) atoms. The zero-order chi connectivity index (χ0) is 13.0. The Morgan fingerprint density at radius 2 is 1.71 bits per heavy atom. The fourth-order valence-electron chi connectivity index (χ4n) is 4.98. The first kappa shape index (κ1) is 13.4. The Morgan fingerprint density at radius 1 is 1.12 bits per heavy atom. The molecule has 0 radical (unpaired) electrons. The summed E-state index contributed by atoms with van der Waals surface area (Å²) in [6.45, 7) is 14.3. The van der Waals surface area contributed by atoms with Crippen LogP contribution in [0.2, 0.25) is 0 Å². The van der Waals surface area contributed by atoms with Gasteiger partial charge in [-0.15, -0.1) is 0 Å². The van der Waals surface area contributed by atoms with E-state index in [9.17, 15) is 5.11 Å². The quantitative estimate of drug-likeness (QED) is 0.733. The minimum absolute atomic E-state index is 0.0614. The van der Waals surface area contributed by atoms with Crippen molar-refractivity contribution < 1.29 is 5.11 Å². The Kier molecular flexibility index (Phi) is 3.36. The molecule has 0 bridgehead atoms. The SMILES string of the molecule is CC(C)C1C2CC(C)C(O)CC2C(C)(C)C1C. The van der Waals surface area contributed by atoms with E-state index >= 15 is 0 Å². The second-order valence-electron chi connectivity index (χ2n) is 7.72. The predicted molar refractivity (Wildman–Crippen MR) is 72.7 cm³/mol. The van der Waals surface area contributed by atoms with E-state index in [0.29, 0.717) is 11.3 Å². The fourth-order valence-corrected chi connectivity index (χ4v) is 4.98. The molecule has 1 heteroatoms. The van der Waals surface area contributed by atoms with Crippen LogP contribution in [-0.4, -0.2) is 11.2 Å². The van der Waals surface area contributed by atoms with Crippen molar-refractivity contribution in [1.82, 2.24) is 0 Å². The molecule has 2 rings (SSSR count). The molecule has 6 unspecified atom stereocenters. The van der Waals surface area contributed by atoms with Gasteiger partial charge in [0.15, 0.2) is 0 Å². The number of hydrogen-bond donors (Lipinski definition) is 1. The predicted octanol–water partition coefficient (Wildman–Crippen LogP) is 3.96. The second kappa shape index (κ2) is 4.26. The topological polar surface area (TPSA) is 20.2 Å². The van der Waals surface area contributed by atoms with Gasteiger partial charge >= 0.3 is 0 Å². The standard InChI is InChI=1S/C16H30O/c1-9(2)15-11(4)16(5,6)13-8-14(17)10(3)7-12(13)15/h9-15,17H,7-8H2,1-6H3. The van der Waals surface area contributed by atoms with Gasteiger partial charge in [0, 0.05) is 0 Å². The zero-order valence-electron chi connectivity index (χ0n) is 12.4. The Hall–Kier alpha value is -0.0400. The molecule has 0 heterocycles. The van der Waals surface area contributed by atoms with Gasteiger partial charge in [0.2, 0.25) is 0 Å². The van der Waals surface area contributed by atoms with Gasteiger partial charge in [0.25, 0.3) is 0 Å². The maximum atomic E-state index is 10.2. The highest BCUT2D eigenvalue weighted by Gasteiger charge is 2.56. The molecule has 2 fully saturated rings. The number of fused-ring (bicyclic) bond motifs is 1. The first-order chi connectivity index (χ1) is 7.76.